The number of ketones is 1. The molecule has 0 saturated carbocycles. The van der Waals surface area contributed by atoms with Gasteiger partial charge in [0.1, 0.15) is 6.61 Å². The summed E-state index contributed by atoms with van der Waals surface area (Å²) in [7, 11) is 0. The van der Waals surface area contributed by atoms with Crippen molar-refractivity contribution in [2.45, 2.75) is 19.3 Å². The van der Waals surface area contributed by atoms with Gasteiger partial charge in [-0.2, -0.15) is 0 Å². The number of piperidine rings is 1. The summed E-state index contributed by atoms with van der Waals surface area (Å²) in [5, 5.41) is 11.7. The summed E-state index contributed by atoms with van der Waals surface area (Å²) < 4.78 is 0. The zero-order chi connectivity index (χ0) is 8.10. The van der Waals surface area contributed by atoms with Gasteiger partial charge in [-0.25, -0.2) is 0 Å². The van der Waals surface area contributed by atoms with Crippen molar-refractivity contribution in [1.29, 1.82) is 0 Å². The summed E-state index contributed by atoms with van der Waals surface area (Å²) in [5.74, 6) is 0.493. The van der Waals surface area contributed by atoms with Gasteiger partial charge < -0.3 is 10.4 Å². The lowest BCUT2D eigenvalue weighted by Gasteiger charge is -2.21. The molecule has 3 nitrogen and oxygen atoms in total. The minimum absolute atomic E-state index is 0.0168. The van der Waals surface area contributed by atoms with E-state index in [1.54, 1.807) is 0 Å². The molecule has 1 heterocycles. The largest absolute Gasteiger partial charge is 0.389 e. The van der Waals surface area contributed by atoms with Crippen LogP contribution in [0.5, 0.6) is 0 Å². The molecule has 64 valence electrons. The van der Waals surface area contributed by atoms with Crippen molar-refractivity contribution in [2.24, 2.45) is 5.92 Å². The lowest BCUT2D eigenvalue weighted by atomic mass is 9.93. The van der Waals surface area contributed by atoms with Gasteiger partial charge in [0.25, 0.3) is 0 Å². The van der Waals surface area contributed by atoms with Gasteiger partial charge in [-0.1, -0.05) is 0 Å². The number of aliphatic hydroxyl groups excluding tert-OH is 1. The Kier molecular flexibility index (Phi) is 3.52. The molecule has 0 bridgehead atoms. The van der Waals surface area contributed by atoms with Crippen molar-refractivity contribution in [2.75, 3.05) is 19.7 Å². The highest BCUT2D eigenvalue weighted by molar-refractivity contribution is 5.79. The van der Waals surface area contributed by atoms with Crippen LogP contribution in [-0.4, -0.2) is 30.6 Å². The van der Waals surface area contributed by atoms with Gasteiger partial charge in [0.2, 0.25) is 0 Å². The van der Waals surface area contributed by atoms with Crippen LogP contribution in [0.25, 0.3) is 0 Å². The van der Waals surface area contributed by atoms with Crippen LogP contribution in [-0.2, 0) is 4.79 Å². The molecule has 0 aliphatic carbocycles. The van der Waals surface area contributed by atoms with E-state index in [4.69, 9.17) is 5.11 Å². The maximum Gasteiger partial charge on any atom is 0.158 e. The predicted octanol–water partition coefficient (Wildman–Crippen LogP) is -0.0625. The number of aliphatic hydroxyl groups is 1. The third kappa shape index (κ3) is 2.99. The molecule has 1 aliphatic heterocycles. The number of hydrogen-bond acceptors (Lipinski definition) is 3. The van der Waals surface area contributed by atoms with Crippen LogP contribution in [0.3, 0.4) is 0 Å². The molecule has 0 atom stereocenters. The highest BCUT2D eigenvalue weighted by atomic mass is 16.3. The molecule has 0 aromatic heterocycles. The van der Waals surface area contributed by atoms with E-state index in [1.807, 2.05) is 0 Å². The van der Waals surface area contributed by atoms with Gasteiger partial charge in [-0.3, -0.25) is 4.79 Å². The minimum atomic E-state index is -0.288. The smallest absolute Gasteiger partial charge is 0.158 e. The van der Waals surface area contributed by atoms with Gasteiger partial charge in [-0.05, 0) is 31.8 Å². The van der Waals surface area contributed by atoms with Crippen molar-refractivity contribution in [3.8, 4) is 0 Å². The fourth-order valence-corrected chi connectivity index (χ4v) is 1.47. The number of nitrogens with one attached hydrogen (secondary N) is 1. The third-order valence-corrected chi connectivity index (χ3v) is 2.15. The van der Waals surface area contributed by atoms with Gasteiger partial charge in [0, 0.05) is 6.42 Å². The molecule has 0 amide bonds. The van der Waals surface area contributed by atoms with Gasteiger partial charge in [-0.15, -0.1) is 0 Å². The van der Waals surface area contributed by atoms with Crippen LogP contribution in [0, 0.1) is 5.92 Å². The maximum atomic E-state index is 10.8. The SMILES string of the molecule is O=C(CO)CC1CCNCC1. The fourth-order valence-electron chi connectivity index (χ4n) is 1.47. The number of carbonyl (C=O) groups is 1. The fraction of sp³-hybridized carbons (Fsp3) is 0.875. The van der Waals surface area contributed by atoms with E-state index < -0.39 is 0 Å². The molecule has 11 heavy (non-hydrogen) atoms. The molecule has 1 saturated heterocycles. The zero-order valence-corrected chi connectivity index (χ0v) is 6.68. The second kappa shape index (κ2) is 4.46. The Morgan fingerprint density at radius 3 is 2.64 bits per heavy atom. The van der Waals surface area contributed by atoms with Crippen LogP contribution in [0.2, 0.25) is 0 Å². The average molecular weight is 157 g/mol. The first-order chi connectivity index (χ1) is 5.33. The van der Waals surface area contributed by atoms with E-state index in [9.17, 15) is 4.79 Å². The first-order valence-corrected chi connectivity index (χ1v) is 4.16. The van der Waals surface area contributed by atoms with Gasteiger partial charge in [0.05, 0.1) is 0 Å². The molecule has 0 spiro atoms. The Labute approximate surface area is 66.8 Å². The molecule has 0 unspecified atom stereocenters. The summed E-state index contributed by atoms with van der Waals surface area (Å²) in [6, 6.07) is 0. The molecular weight excluding hydrogens is 142 g/mol. The number of rotatable bonds is 3. The topological polar surface area (TPSA) is 49.3 Å². The Balaban J connectivity index is 2.19. The summed E-state index contributed by atoms with van der Waals surface area (Å²) in [6.45, 7) is 1.75. The number of hydrogen-bond donors (Lipinski definition) is 2. The zero-order valence-electron chi connectivity index (χ0n) is 6.68. The van der Waals surface area contributed by atoms with Crippen molar-refractivity contribution >= 4 is 5.78 Å². The second-order valence-corrected chi connectivity index (χ2v) is 3.09. The molecule has 0 aromatic carbocycles. The highest BCUT2D eigenvalue weighted by Crippen LogP contribution is 2.15. The van der Waals surface area contributed by atoms with E-state index in [0.717, 1.165) is 25.9 Å². The molecule has 1 aliphatic rings. The Hall–Kier alpha value is -0.410. The van der Waals surface area contributed by atoms with E-state index in [1.165, 1.54) is 0 Å². The van der Waals surface area contributed by atoms with Crippen molar-refractivity contribution in [3.05, 3.63) is 0 Å². The average Bonchev–Trinajstić information content (AvgIpc) is 2.06. The van der Waals surface area contributed by atoms with E-state index >= 15 is 0 Å². The first-order valence-electron chi connectivity index (χ1n) is 4.16. The van der Waals surface area contributed by atoms with Crippen LogP contribution in [0.15, 0.2) is 0 Å². The van der Waals surface area contributed by atoms with Crippen molar-refractivity contribution < 1.29 is 9.90 Å². The normalized spacial score (nSPS) is 20.1. The minimum Gasteiger partial charge on any atom is -0.389 e. The van der Waals surface area contributed by atoms with Gasteiger partial charge >= 0.3 is 0 Å². The Morgan fingerprint density at radius 2 is 2.09 bits per heavy atom. The number of Topliss-reactive ketones (excluding diaryl/α,β-unsaturated/α-hetero) is 1. The Morgan fingerprint density at radius 1 is 1.45 bits per heavy atom. The van der Waals surface area contributed by atoms with E-state index in [0.29, 0.717) is 12.3 Å². The lowest BCUT2D eigenvalue weighted by Crippen LogP contribution is -2.29. The quantitative estimate of drug-likeness (QED) is 0.603. The summed E-state index contributed by atoms with van der Waals surface area (Å²) >= 11 is 0. The Bertz CT molecular complexity index is 130. The third-order valence-electron chi connectivity index (χ3n) is 2.15. The lowest BCUT2D eigenvalue weighted by molar-refractivity contribution is -0.122. The maximum absolute atomic E-state index is 10.8. The van der Waals surface area contributed by atoms with Crippen molar-refractivity contribution in [1.82, 2.24) is 5.32 Å². The molecule has 3 heteroatoms. The summed E-state index contributed by atoms with van der Waals surface area (Å²) in [4.78, 5) is 10.8. The molecular formula is C8H15NO2. The monoisotopic (exact) mass is 157 g/mol. The molecule has 1 rings (SSSR count). The highest BCUT2D eigenvalue weighted by Gasteiger charge is 2.15. The summed E-state index contributed by atoms with van der Waals surface area (Å²) in [6.07, 6.45) is 2.72. The molecule has 0 radical (unpaired) electrons. The second-order valence-electron chi connectivity index (χ2n) is 3.09. The number of carbonyl (C=O) groups excluding carboxylic acids is 1. The van der Waals surface area contributed by atoms with Crippen LogP contribution in [0.1, 0.15) is 19.3 Å². The van der Waals surface area contributed by atoms with E-state index in [-0.39, 0.29) is 12.4 Å². The van der Waals surface area contributed by atoms with Gasteiger partial charge in [0.15, 0.2) is 5.78 Å². The van der Waals surface area contributed by atoms with E-state index in [2.05, 4.69) is 5.32 Å². The molecule has 2 N–H and O–H groups in total. The molecule has 1 fully saturated rings. The molecule has 0 aromatic rings. The van der Waals surface area contributed by atoms with Crippen molar-refractivity contribution in [3.63, 3.8) is 0 Å². The van der Waals surface area contributed by atoms with Crippen LogP contribution in [0.4, 0.5) is 0 Å². The van der Waals surface area contributed by atoms with Crippen LogP contribution >= 0.6 is 0 Å². The summed E-state index contributed by atoms with van der Waals surface area (Å²) in [5.41, 5.74) is 0. The van der Waals surface area contributed by atoms with Crippen LogP contribution < -0.4 is 5.32 Å². The standard InChI is InChI=1S/C8H15NO2/c10-6-8(11)5-7-1-3-9-4-2-7/h7,9-10H,1-6H2. The first kappa shape index (κ1) is 8.68. The predicted molar refractivity (Wildman–Crippen MR) is 42.3 cm³/mol.